The molecule has 0 fully saturated rings. The highest BCUT2D eigenvalue weighted by molar-refractivity contribution is 5.77. The fourth-order valence-corrected chi connectivity index (χ4v) is 3.22. The number of imidazole rings is 1. The monoisotopic (exact) mass is 390 g/mol. The predicted molar refractivity (Wildman–Crippen MR) is 112 cm³/mol. The highest BCUT2D eigenvalue weighted by atomic mass is 19.1. The van der Waals surface area contributed by atoms with Crippen molar-refractivity contribution in [2.24, 2.45) is 0 Å². The maximum atomic E-state index is 13.0. The molecule has 0 bridgehead atoms. The average molecular weight is 390 g/mol. The van der Waals surface area contributed by atoms with Gasteiger partial charge in [-0.1, -0.05) is 31.2 Å². The molecule has 0 amide bonds. The molecule has 1 unspecified atom stereocenters. The van der Waals surface area contributed by atoms with E-state index in [4.69, 9.17) is 14.5 Å². The van der Waals surface area contributed by atoms with Gasteiger partial charge in [-0.3, -0.25) is 0 Å². The number of aromatic amines is 1. The molecule has 0 radical (unpaired) electrons. The first-order valence-corrected chi connectivity index (χ1v) is 9.72. The maximum absolute atomic E-state index is 13.0. The third-order valence-electron chi connectivity index (χ3n) is 4.89. The van der Waals surface area contributed by atoms with Crippen LogP contribution in [0.1, 0.15) is 36.7 Å². The van der Waals surface area contributed by atoms with Crippen molar-refractivity contribution in [3.8, 4) is 11.5 Å². The first-order valence-electron chi connectivity index (χ1n) is 9.72. The summed E-state index contributed by atoms with van der Waals surface area (Å²) >= 11 is 0. The smallest absolute Gasteiger partial charge is 0.123 e. The summed E-state index contributed by atoms with van der Waals surface area (Å²) in [6.07, 6.45) is 0. The molecule has 4 nitrogen and oxygen atoms in total. The van der Waals surface area contributed by atoms with Gasteiger partial charge < -0.3 is 14.5 Å². The normalized spacial score (nSPS) is 12.1. The molecule has 148 valence electrons. The van der Waals surface area contributed by atoms with E-state index in [1.54, 1.807) is 12.1 Å². The van der Waals surface area contributed by atoms with E-state index in [1.807, 2.05) is 49.4 Å². The Morgan fingerprint density at radius 1 is 0.931 bits per heavy atom. The lowest BCUT2D eigenvalue weighted by Gasteiger charge is -2.11. The van der Waals surface area contributed by atoms with E-state index in [0.717, 1.165) is 39.5 Å². The van der Waals surface area contributed by atoms with Crippen molar-refractivity contribution in [2.75, 3.05) is 6.61 Å². The van der Waals surface area contributed by atoms with Gasteiger partial charge in [0.05, 0.1) is 17.6 Å². The third-order valence-corrected chi connectivity index (χ3v) is 4.89. The number of nitrogens with zero attached hydrogens (tertiary/aromatic N) is 1. The maximum Gasteiger partial charge on any atom is 0.123 e. The molecule has 0 saturated carbocycles. The van der Waals surface area contributed by atoms with E-state index in [9.17, 15) is 4.39 Å². The summed E-state index contributed by atoms with van der Waals surface area (Å²) in [6.45, 7) is 5.13. The Morgan fingerprint density at radius 2 is 1.66 bits per heavy atom. The average Bonchev–Trinajstić information content (AvgIpc) is 3.17. The third kappa shape index (κ3) is 4.40. The van der Waals surface area contributed by atoms with Crippen LogP contribution in [0.5, 0.6) is 11.5 Å². The summed E-state index contributed by atoms with van der Waals surface area (Å²) in [6, 6.07) is 20.2. The van der Waals surface area contributed by atoms with E-state index >= 15 is 0 Å². The lowest BCUT2D eigenvalue weighted by Crippen LogP contribution is -1.99. The van der Waals surface area contributed by atoms with E-state index in [-0.39, 0.29) is 11.7 Å². The number of benzene rings is 3. The van der Waals surface area contributed by atoms with Gasteiger partial charge in [-0.25, -0.2) is 9.37 Å². The van der Waals surface area contributed by atoms with E-state index < -0.39 is 0 Å². The molecular formula is C24H23FN2O2. The SMILES string of the molecule is CCOc1ccc2[nH]c(C(C)c3ccc(OCc4ccc(F)cc4)cc3)nc2c1. The Kier molecular flexibility index (Phi) is 5.47. The second-order valence-electron chi connectivity index (χ2n) is 6.94. The van der Waals surface area contributed by atoms with Gasteiger partial charge in [-0.15, -0.1) is 0 Å². The first-order chi connectivity index (χ1) is 14.1. The van der Waals surface area contributed by atoms with Crippen LogP contribution in [0.25, 0.3) is 11.0 Å². The number of fused-ring (bicyclic) bond motifs is 1. The topological polar surface area (TPSA) is 47.1 Å². The van der Waals surface area contributed by atoms with Crippen molar-refractivity contribution in [3.05, 3.63) is 89.5 Å². The zero-order valence-electron chi connectivity index (χ0n) is 16.5. The van der Waals surface area contributed by atoms with Gasteiger partial charge in [0.2, 0.25) is 0 Å². The molecule has 0 aliphatic heterocycles. The molecule has 1 aromatic heterocycles. The van der Waals surface area contributed by atoms with Crippen molar-refractivity contribution < 1.29 is 13.9 Å². The Hall–Kier alpha value is -3.34. The van der Waals surface area contributed by atoms with Crippen LogP contribution >= 0.6 is 0 Å². The van der Waals surface area contributed by atoms with Gasteiger partial charge in [0.15, 0.2) is 0 Å². The molecule has 29 heavy (non-hydrogen) atoms. The number of ether oxygens (including phenoxy) is 2. The highest BCUT2D eigenvalue weighted by Gasteiger charge is 2.14. The zero-order valence-corrected chi connectivity index (χ0v) is 16.5. The zero-order chi connectivity index (χ0) is 20.2. The summed E-state index contributed by atoms with van der Waals surface area (Å²) in [7, 11) is 0. The summed E-state index contributed by atoms with van der Waals surface area (Å²) in [5.74, 6) is 2.38. The number of hydrogen-bond acceptors (Lipinski definition) is 3. The van der Waals surface area contributed by atoms with Crippen molar-refractivity contribution in [1.29, 1.82) is 0 Å². The Labute approximate surface area is 169 Å². The number of aromatic nitrogens is 2. The van der Waals surface area contributed by atoms with Gasteiger partial charge in [0.25, 0.3) is 0 Å². The molecule has 4 aromatic rings. The van der Waals surface area contributed by atoms with Crippen molar-refractivity contribution in [2.45, 2.75) is 26.4 Å². The molecule has 1 N–H and O–H groups in total. The van der Waals surface area contributed by atoms with Crippen LogP contribution in [0, 0.1) is 5.82 Å². The molecule has 0 aliphatic carbocycles. The van der Waals surface area contributed by atoms with Gasteiger partial charge in [0.1, 0.15) is 29.7 Å². The van der Waals surface area contributed by atoms with E-state index in [1.165, 1.54) is 12.1 Å². The Balaban J connectivity index is 1.45. The molecule has 1 atom stereocenters. The molecule has 3 aromatic carbocycles. The second-order valence-corrected chi connectivity index (χ2v) is 6.94. The molecule has 4 rings (SSSR count). The van der Waals surface area contributed by atoms with E-state index in [0.29, 0.717) is 13.2 Å². The standard InChI is InChI=1S/C24H23FN2O2/c1-3-28-21-12-13-22-23(14-21)27-24(26-22)16(2)18-6-10-20(11-7-18)29-15-17-4-8-19(25)9-5-17/h4-14,16H,3,15H2,1-2H3,(H,26,27). The van der Waals surface area contributed by atoms with E-state index in [2.05, 4.69) is 11.9 Å². The van der Waals surface area contributed by atoms with Crippen molar-refractivity contribution >= 4 is 11.0 Å². The molecule has 0 saturated heterocycles. The van der Waals surface area contributed by atoms with Crippen LogP contribution in [0.2, 0.25) is 0 Å². The van der Waals surface area contributed by atoms with Gasteiger partial charge in [-0.05, 0) is 54.4 Å². The molecule has 0 spiro atoms. The quantitative estimate of drug-likeness (QED) is 0.432. The summed E-state index contributed by atoms with van der Waals surface area (Å²) in [5.41, 5.74) is 3.97. The van der Waals surface area contributed by atoms with Gasteiger partial charge >= 0.3 is 0 Å². The van der Waals surface area contributed by atoms with Crippen LogP contribution in [0.4, 0.5) is 4.39 Å². The Morgan fingerprint density at radius 3 is 2.38 bits per heavy atom. The number of nitrogens with one attached hydrogen (secondary N) is 1. The minimum absolute atomic E-state index is 0.115. The second kappa shape index (κ2) is 8.35. The lowest BCUT2D eigenvalue weighted by atomic mass is 10.0. The van der Waals surface area contributed by atoms with Crippen LogP contribution < -0.4 is 9.47 Å². The van der Waals surface area contributed by atoms with Crippen LogP contribution in [-0.4, -0.2) is 16.6 Å². The van der Waals surface area contributed by atoms with Gasteiger partial charge in [-0.2, -0.15) is 0 Å². The van der Waals surface area contributed by atoms with Crippen molar-refractivity contribution in [3.63, 3.8) is 0 Å². The number of rotatable bonds is 7. The minimum atomic E-state index is -0.244. The summed E-state index contributed by atoms with van der Waals surface area (Å²) in [5, 5.41) is 0. The Bertz CT molecular complexity index is 1090. The van der Waals surface area contributed by atoms with Crippen LogP contribution in [0.3, 0.4) is 0 Å². The van der Waals surface area contributed by atoms with Crippen LogP contribution in [-0.2, 0) is 6.61 Å². The lowest BCUT2D eigenvalue weighted by molar-refractivity contribution is 0.306. The van der Waals surface area contributed by atoms with Crippen molar-refractivity contribution in [1.82, 2.24) is 9.97 Å². The molecule has 0 aliphatic rings. The first kappa shape index (κ1) is 19.0. The fraction of sp³-hybridized carbons (Fsp3) is 0.208. The summed E-state index contributed by atoms with van der Waals surface area (Å²) < 4.78 is 24.3. The molecule has 5 heteroatoms. The number of H-pyrrole nitrogens is 1. The molecule has 1 heterocycles. The largest absolute Gasteiger partial charge is 0.494 e. The fourth-order valence-electron chi connectivity index (χ4n) is 3.22. The highest BCUT2D eigenvalue weighted by Crippen LogP contribution is 2.27. The van der Waals surface area contributed by atoms with Crippen LogP contribution in [0.15, 0.2) is 66.7 Å². The van der Waals surface area contributed by atoms with Gasteiger partial charge in [0, 0.05) is 12.0 Å². The minimum Gasteiger partial charge on any atom is -0.494 e. The molecular weight excluding hydrogens is 367 g/mol. The number of hydrogen-bond donors (Lipinski definition) is 1. The summed E-state index contributed by atoms with van der Waals surface area (Å²) in [4.78, 5) is 8.14. The predicted octanol–water partition coefficient (Wildman–Crippen LogP) is 5.83. The number of halogens is 1.